The molecule has 1 aromatic rings. The number of amides is 1. The normalized spacial score (nSPS) is 24.5. The second-order valence-corrected chi connectivity index (χ2v) is 6.02. The van der Waals surface area contributed by atoms with Crippen molar-refractivity contribution in [3.05, 3.63) is 35.4 Å². The molecule has 1 aliphatic carbocycles. The van der Waals surface area contributed by atoms with Crippen molar-refractivity contribution in [3.63, 3.8) is 0 Å². The molecule has 0 aromatic heterocycles. The maximum atomic E-state index is 13.8. The molecule has 1 heterocycles. The van der Waals surface area contributed by atoms with E-state index in [1.165, 1.54) is 6.07 Å². The van der Waals surface area contributed by atoms with Gasteiger partial charge in [0.15, 0.2) is 11.6 Å². The van der Waals surface area contributed by atoms with E-state index in [-0.39, 0.29) is 36.2 Å². The van der Waals surface area contributed by atoms with Gasteiger partial charge in [-0.05, 0) is 49.9 Å². The van der Waals surface area contributed by atoms with E-state index in [9.17, 15) is 13.6 Å². The van der Waals surface area contributed by atoms with Gasteiger partial charge in [0.2, 0.25) is 5.91 Å². The fourth-order valence-electron chi connectivity index (χ4n) is 3.25. The average molecular weight is 331 g/mol. The number of piperidine rings is 1. The average Bonchev–Trinajstić information content (AvgIpc) is 3.30. The number of hydrogen-bond donors (Lipinski definition) is 1. The summed E-state index contributed by atoms with van der Waals surface area (Å²) in [6.45, 7) is 1.85. The highest BCUT2D eigenvalue weighted by molar-refractivity contribution is 5.85. The minimum Gasteiger partial charge on any atom is -0.342 e. The van der Waals surface area contributed by atoms with E-state index < -0.39 is 11.6 Å². The molecular weight excluding hydrogens is 310 g/mol. The number of carbonyl (C=O) groups is 1. The predicted molar refractivity (Wildman–Crippen MR) is 83.1 cm³/mol. The van der Waals surface area contributed by atoms with E-state index in [4.69, 9.17) is 0 Å². The highest BCUT2D eigenvalue weighted by atomic mass is 35.5. The van der Waals surface area contributed by atoms with Crippen molar-refractivity contribution >= 4 is 18.3 Å². The fraction of sp³-hybridized carbons (Fsp3) is 0.562. The molecule has 2 unspecified atom stereocenters. The summed E-state index contributed by atoms with van der Waals surface area (Å²) in [5.41, 5.74) is 0.340. The van der Waals surface area contributed by atoms with Crippen LogP contribution in [0.1, 0.15) is 30.7 Å². The molecule has 122 valence electrons. The van der Waals surface area contributed by atoms with Crippen LogP contribution in [-0.2, 0) is 4.79 Å². The van der Waals surface area contributed by atoms with Crippen LogP contribution in [0.15, 0.2) is 18.2 Å². The van der Waals surface area contributed by atoms with Gasteiger partial charge in [0.05, 0.1) is 0 Å². The fourth-order valence-corrected chi connectivity index (χ4v) is 3.25. The summed E-state index contributed by atoms with van der Waals surface area (Å²) >= 11 is 0. The van der Waals surface area contributed by atoms with Crippen molar-refractivity contribution in [2.24, 2.45) is 5.92 Å². The lowest BCUT2D eigenvalue weighted by molar-refractivity contribution is -0.133. The molecule has 3 rings (SSSR count). The lowest BCUT2D eigenvalue weighted by Gasteiger charge is -2.32. The Morgan fingerprint density at radius 3 is 2.64 bits per heavy atom. The van der Waals surface area contributed by atoms with Crippen molar-refractivity contribution in [2.45, 2.75) is 31.2 Å². The van der Waals surface area contributed by atoms with Crippen molar-refractivity contribution in [1.82, 2.24) is 10.2 Å². The van der Waals surface area contributed by atoms with Crippen LogP contribution in [0.2, 0.25) is 0 Å². The van der Waals surface area contributed by atoms with E-state index >= 15 is 0 Å². The number of carbonyl (C=O) groups excluding carboxylic acids is 1. The molecular formula is C16H21ClF2N2O. The first-order chi connectivity index (χ1) is 10.1. The number of rotatable bonds is 3. The maximum Gasteiger partial charge on any atom is 0.226 e. The summed E-state index contributed by atoms with van der Waals surface area (Å²) in [6.07, 6.45) is 2.52. The first-order valence-electron chi connectivity index (χ1n) is 7.51. The van der Waals surface area contributed by atoms with Gasteiger partial charge in [0.1, 0.15) is 0 Å². The van der Waals surface area contributed by atoms with E-state index in [1.54, 1.807) is 6.07 Å². The van der Waals surface area contributed by atoms with Crippen molar-refractivity contribution in [2.75, 3.05) is 20.1 Å². The van der Waals surface area contributed by atoms with Crippen LogP contribution in [0.25, 0.3) is 0 Å². The molecule has 1 amide bonds. The Bertz CT molecular complexity index is 549. The van der Waals surface area contributed by atoms with Crippen LogP contribution in [0.4, 0.5) is 8.78 Å². The lowest BCUT2D eigenvalue weighted by Crippen LogP contribution is -2.44. The van der Waals surface area contributed by atoms with Gasteiger partial charge in [-0.3, -0.25) is 4.79 Å². The topological polar surface area (TPSA) is 32.3 Å². The molecule has 0 radical (unpaired) electrons. The second kappa shape index (κ2) is 6.92. The van der Waals surface area contributed by atoms with Crippen molar-refractivity contribution < 1.29 is 13.6 Å². The van der Waals surface area contributed by atoms with Gasteiger partial charge < -0.3 is 10.2 Å². The zero-order valence-electron chi connectivity index (χ0n) is 12.5. The SMILES string of the molecule is CN(C(=O)C1CC1c1cccc(F)c1F)C1CCNCC1.Cl. The van der Waals surface area contributed by atoms with Crippen molar-refractivity contribution in [3.8, 4) is 0 Å². The molecule has 0 spiro atoms. The van der Waals surface area contributed by atoms with E-state index in [0.29, 0.717) is 12.0 Å². The van der Waals surface area contributed by atoms with Gasteiger partial charge in [0.25, 0.3) is 0 Å². The Balaban J connectivity index is 0.00000176. The third kappa shape index (κ3) is 3.25. The molecule has 1 N–H and O–H groups in total. The van der Waals surface area contributed by atoms with E-state index in [1.807, 2.05) is 11.9 Å². The molecule has 1 saturated heterocycles. The molecule has 2 aliphatic rings. The zero-order valence-corrected chi connectivity index (χ0v) is 13.3. The summed E-state index contributed by atoms with van der Waals surface area (Å²) in [7, 11) is 1.83. The summed E-state index contributed by atoms with van der Waals surface area (Å²) in [6, 6.07) is 4.46. The Kier molecular flexibility index (Phi) is 5.40. The minimum atomic E-state index is -0.836. The highest BCUT2D eigenvalue weighted by Gasteiger charge is 2.47. The largest absolute Gasteiger partial charge is 0.342 e. The van der Waals surface area contributed by atoms with Crippen LogP contribution < -0.4 is 5.32 Å². The van der Waals surface area contributed by atoms with Crippen LogP contribution in [0.3, 0.4) is 0 Å². The molecule has 0 bridgehead atoms. The van der Waals surface area contributed by atoms with Gasteiger partial charge in [-0.2, -0.15) is 0 Å². The smallest absolute Gasteiger partial charge is 0.226 e. The summed E-state index contributed by atoms with van der Waals surface area (Å²) in [4.78, 5) is 14.3. The molecule has 1 aliphatic heterocycles. The van der Waals surface area contributed by atoms with Gasteiger partial charge in [-0.15, -0.1) is 12.4 Å². The van der Waals surface area contributed by atoms with E-state index in [2.05, 4.69) is 5.32 Å². The van der Waals surface area contributed by atoms with E-state index in [0.717, 1.165) is 32.0 Å². The molecule has 2 atom stereocenters. The van der Waals surface area contributed by atoms with Crippen LogP contribution in [-0.4, -0.2) is 37.0 Å². The lowest BCUT2D eigenvalue weighted by atomic mass is 10.0. The Hall–Kier alpha value is -1.20. The monoisotopic (exact) mass is 330 g/mol. The predicted octanol–water partition coefficient (Wildman–Crippen LogP) is 2.70. The molecule has 2 fully saturated rings. The molecule has 6 heteroatoms. The first kappa shape index (κ1) is 17.2. The van der Waals surface area contributed by atoms with Crippen LogP contribution in [0, 0.1) is 17.6 Å². The molecule has 1 aromatic carbocycles. The van der Waals surface area contributed by atoms with Crippen LogP contribution >= 0.6 is 12.4 Å². The Morgan fingerprint density at radius 2 is 1.95 bits per heavy atom. The molecule has 22 heavy (non-hydrogen) atoms. The number of hydrogen-bond acceptors (Lipinski definition) is 2. The van der Waals surface area contributed by atoms with Crippen molar-refractivity contribution in [1.29, 1.82) is 0 Å². The Labute approximate surface area is 135 Å². The van der Waals surface area contributed by atoms with Gasteiger partial charge in [0, 0.05) is 19.0 Å². The number of benzene rings is 1. The third-order valence-corrected chi connectivity index (χ3v) is 4.69. The number of nitrogens with zero attached hydrogens (tertiary/aromatic N) is 1. The van der Waals surface area contributed by atoms with Gasteiger partial charge in [-0.25, -0.2) is 8.78 Å². The third-order valence-electron chi connectivity index (χ3n) is 4.69. The summed E-state index contributed by atoms with van der Waals surface area (Å²) < 4.78 is 27.0. The highest BCUT2D eigenvalue weighted by Crippen LogP contribution is 2.49. The molecule has 1 saturated carbocycles. The molecule has 3 nitrogen and oxygen atoms in total. The quantitative estimate of drug-likeness (QED) is 0.924. The Morgan fingerprint density at radius 1 is 1.27 bits per heavy atom. The van der Waals surface area contributed by atoms with Crippen LogP contribution in [0.5, 0.6) is 0 Å². The number of halogens is 3. The zero-order chi connectivity index (χ0) is 15.0. The summed E-state index contributed by atoms with van der Waals surface area (Å²) in [5.74, 6) is -1.94. The first-order valence-corrected chi connectivity index (χ1v) is 7.51. The minimum absolute atomic E-state index is 0. The standard InChI is InChI=1S/C16H20F2N2O.ClH/c1-20(10-5-7-19-8-6-10)16(21)13-9-12(13)11-3-2-4-14(17)15(11)18;/h2-4,10,12-13,19H,5-9H2,1H3;1H. The number of nitrogens with one attached hydrogen (secondary N) is 1. The van der Waals surface area contributed by atoms with Gasteiger partial charge >= 0.3 is 0 Å². The van der Waals surface area contributed by atoms with Gasteiger partial charge in [-0.1, -0.05) is 12.1 Å². The summed E-state index contributed by atoms with van der Waals surface area (Å²) in [5, 5.41) is 3.27. The maximum absolute atomic E-state index is 13.8. The second-order valence-electron chi connectivity index (χ2n) is 6.02.